The van der Waals surface area contributed by atoms with Crippen LogP contribution in [-0.4, -0.2) is 40.4 Å². The van der Waals surface area contributed by atoms with Crippen LogP contribution in [0.1, 0.15) is 5.56 Å². The maximum absolute atomic E-state index is 8.76. The third-order valence-corrected chi connectivity index (χ3v) is 1.65. The molecule has 1 aromatic rings. The molecule has 68 valence electrons. The van der Waals surface area contributed by atoms with Crippen molar-refractivity contribution in [1.29, 1.82) is 0 Å². The Balaban J connectivity index is 2.41. The van der Waals surface area contributed by atoms with Gasteiger partial charge in [0.1, 0.15) is 0 Å². The summed E-state index contributed by atoms with van der Waals surface area (Å²) in [6.07, 6.45) is 3.55. The Bertz CT molecular complexity index is 232. The number of hydrogen-bond donors (Lipinski definition) is 1. The average Bonchev–Trinajstić information content (AvgIpc) is 2.48. The van der Waals surface area contributed by atoms with Crippen LogP contribution in [0.3, 0.4) is 0 Å². The lowest BCUT2D eigenvalue weighted by molar-refractivity contribution is 0.281. The Morgan fingerprint density at radius 3 is 2.83 bits per heavy atom. The molecule has 0 amide bonds. The molecular formula is C8H15N3O. The van der Waals surface area contributed by atoms with E-state index in [1.807, 2.05) is 25.0 Å². The van der Waals surface area contributed by atoms with Crippen molar-refractivity contribution in [3.63, 3.8) is 0 Å². The van der Waals surface area contributed by atoms with Gasteiger partial charge in [-0.15, -0.1) is 0 Å². The summed E-state index contributed by atoms with van der Waals surface area (Å²) in [5, 5.41) is 12.9. The standard InChI is InChI=1S/C8H15N3O/c1-10(2)3-4-11-6-8(7-12)5-9-11/h5-6,12H,3-4,7H2,1-2H3. The van der Waals surface area contributed by atoms with E-state index < -0.39 is 0 Å². The minimum absolute atomic E-state index is 0.0714. The maximum Gasteiger partial charge on any atom is 0.0712 e. The molecule has 1 aromatic heterocycles. The highest BCUT2D eigenvalue weighted by Crippen LogP contribution is 1.96. The molecule has 4 heteroatoms. The molecule has 0 aliphatic heterocycles. The molecule has 0 aliphatic rings. The molecule has 0 saturated heterocycles. The van der Waals surface area contributed by atoms with Gasteiger partial charge >= 0.3 is 0 Å². The van der Waals surface area contributed by atoms with Crippen molar-refractivity contribution in [2.45, 2.75) is 13.2 Å². The van der Waals surface area contributed by atoms with Crippen molar-refractivity contribution >= 4 is 0 Å². The minimum Gasteiger partial charge on any atom is -0.392 e. The van der Waals surface area contributed by atoms with Crippen LogP contribution in [0.5, 0.6) is 0 Å². The smallest absolute Gasteiger partial charge is 0.0712 e. The summed E-state index contributed by atoms with van der Waals surface area (Å²) in [5.74, 6) is 0. The lowest BCUT2D eigenvalue weighted by atomic mass is 10.4. The van der Waals surface area contributed by atoms with Gasteiger partial charge in [0.25, 0.3) is 0 Å². The first-order chi connectivity index (χ1) is 5.72. The molecule has 0 unspecified atom stereocenters. The largest absolute Gasteiger partial charge is 0.392 e. The first kappa shape index (κ1) is 9.22. The van der Waals surface area contributed by atoms with Crippen LogP contribution in [-0.2, 0) is 13.2 Å². The normalized spacial score (nSPS) is 11.0. The molecule has 0 spiro atoms. The van der Waals surface area contributed by atoms with Gasteiger partial charge in [-0.3, -0.25) is 4.68 Å². The van der Waals surface area contributed by atoms with Gasteiger partial charge in [-0.2, -0.15) is 5.10 Å². The van der Waals surface area contributed by atoms with Gasteiger partial charge in [0.05, 0.1) is 19.3 Å². The number of nitrogens with zero attached hydrogens (tertiary/aromatic N) is 3. The molecule has 1 rings (SSSR count). The van der Waals surface area contributed by atoms with Crippen LogP contribution < -0.4 is 0 Å². The third-order valence-electron chi connectivity index (χ3n) is 1.65. The fourth-order valence-corrected chi connectivity index (χ4v) is 0.913. The Morgan fingerprint density at radius 1 is 1.58 bits per heavy atom. The van der Waals surface area contributed by atoms with Crippen LogP contribution in [0.25, 0.3) is 0 Å². The summed E-state index contributed by atoms with van der Waals surface area (Å²) in [5.41, 5.74) is 0.869. The van der Waals surface area contributed by atoms with Crippen molar-refractivity contribution in [2.75, 3.05) is 20.6 Å². The highest BCUT2D eigenvalue weighted by molar-refractivity contribution is 5.01. The molecule has 0 fully saturated rings. The van der Waals surface area contributed by atoms with Gasteiger partial charge < -0.3 is 10.0 Å². The van der Waals surface area contributed by atoms with Crippen LogP contribution in [0, 0.1) is 0 Å². The molecule has 4 nitrogen and oxygen atoms in total. The first-order valence-electron chi connectivity index (χ1n) is 3.99. The minimum atomic E-state index is 0.0714. The number of aromatic nitrogens is 2. The van der Waals surface area contributed by atoms with E-state index in [4.69, 9.17) is 5.11 Å². The fraction of sp³-hybridized carbons (Fsp3) is 0.625. The number of rotatable bonds is 4. The molecule has 12 heavy (non-hydrogen) atoms. The summed E-state index contributed by atoms with van der Waals surface area (Å²) in [6.45, 7) is 1.90. The Morgan fingerprint density at radius 2 is 2.33 bits per heavy atom. The van der Waals surface area contributed by atoms with Gasteiger partial charge in [-0.05, 0) is 14.1 Å². The molecule has 0 saturated carbocycles. The lowest BCUT2D eigenvalue weighted by Crippen LogP contribution is -2.18. The zero-order valence-corrected chi connectivity index (χ0v) is 7.56. The van der Waals surface area contributed by atoms with Crippen molar-refractivity contribution in [3.05, 3.63) is 18.0 Å². The zero-order valence-electron chi connectivity index (χ0n) is 7.56. The highest BCUT2D eigenvalue weighted by atomic mass is 16.3. The molecule has 0 bridgehead atoms. The highest BCUT2D eigenvalue weighted by Gasteiger charge is 1.96. The molecular weight excluding hydrogens is 154 g/mol. The first-order valence-corrected chi connectivity index (χ1v) is 3.99. The van der Waals surface area contributed by atoms with Crippen LogP contribution in [0.2, 0.25) is 0 Å². The van der Waals surface area contributed by atoms with Crippen molar-refractivity contribution in [2.24, 2.45) is 0 Å². The molecule has 0 aromatic carbocycles. The molecule has 0 atom stereocenters. The number of aliphatic hydroxyl groups excluding tert-OH is 1. The molecule has 0 aliphatic carbocycles. The van der Waals surface area contributed by atoms with Crippen molar-refractivity contribution < 1.29 is 5.11 Å². The van der Waals surface area contributed by atoms with E-state index in [2.05, 4.69) is 10.00 Å². The number of aliphatic hydroxyl groups is 1. The Hall–Kier alpha value is -0.870. The second-order valence-electron chi connectivity index (χ2n) is 3.07. The van der Waals surface area contributed by atoms with Gasteiger partial charge in [-0.1, -0.05) is 0 Å². The lowest BCUT2D eigenvalue weighted by Gasteiger charge is -2.08. The van der Waals surface area contributed by atoms with Gasteiger partial charge in [-0.25, -0.2) is 0 Å². The summed E-state index contributed by atoms with van der Waals surface area (Å²) in [6, 6.07) is 0. The quantitative estimate of drug-likeness (QED) is 0.686. The maximum atomic E-state index is 8.76. The van der Waals surface area contributed by atoms with E-state index >= 15 is 0 Å². The number of likely N-dealkylation sites (N-methyl/N-ethyl adjacent to an activating group) is 1. The molecule has 1 heterocycles. The average molecular weight is 169 g/mol. The summed E-state index contributed by atoms with van der Waals surface area (Å²) in [7, 11) is 4.05. The van der Waals surface area contributed by atoms with Gasteiger partial charge in [0.15, 0.2) is 0 Å². The van der Waals surface area contributed by atoms with Crippen LogP contribution in [0.15, 0.2) is 12.4 Å². The SMILES string of the molecule is CN(C)CCn1cc(CO)cn1. The Labute approximate surface area is 72.4 Å². The van der Waals surface area contributed by atoms with E-state index in [9.17, 15) is 0 Å². The van der Waals surface area contributed by atoms with Crippen molar-refractivity contribution in [1.82, 2.24) is 14.7 Å². The predicted octanol–water partition coefficient (Wildman–Crippen LogP) is -0.0630. The van der Waals surface area contributed by atoms with Gasteiger partial charge in [0, 0.05) is 18.3 Å². The fourth-order valence-electron chi connectivity index (χ4n) is 0.913. The Kier molecular flexibility index (Phi) is 3.25. The summed E-state index contributed by atoms with van der Waals surface area (Å²) >= 11 is 0. The third kappa shape index (κ3) is 2.64. The van der Waals surface area contributed by atoms with E-state index in [-0.39, 0.29) is 6.61 Å². The van der Waals surface area contributed by atoms with Gasteiger partial charge in [0.2, 0.25) is 0 Å². The van der Waals surface area contributed by atoms with E-state index in [1.54, 1.807) is 6.20 Å². The topological polar surface area (TPSA) is 41.3 Å². The second-order valence-corrected chi connectivity index (χ2v) is 3.07. The second kappa shape index (κ2) is 4.23. The summed E-state index contributed by atoms with van der Waals surface area (Å²) < 4.78 is 1.84. The van der Waals surface area contributed by atoms with Crippen LogP contribution in [0.4, 0.5) is 0 Å². The molecule has 1 N–H and O–H groups in total. The van der Waals surface area contributed by atoms with Crippen molar-refractivity contribution in [3.8, 4) is 0 Å². The number of hydrogen-bond acceptors (Lipinski definition) is 3. The monoisotopic (exact) mass is 169 g/mol. The summed E-state index contributed by atoms with van der Waals surface area (Å²) in [4.78, 5) is 2.10. The predicted molar refractivity (Wildman–Crippen MR) is 46.7 cm³/mol. The van der Waals surface area contributed by atoms with Crippen LogP contribution >= 0.6 is 0 Å². The van der Waals surface area contributed by atoms with E-state index in [1.165, 1.54) is 0 Å². The van der Waals surface area contributed by atoms with E-state index in [0.717, 1.165) is 18.7 Å². The van der Waals surface area contributed by atoms with E-state index in [0.29, 0.717) is 0 Å². The molecule has 0 radical (unpaired) electrons. The zero-order chi connectivity index (χ0) is 8.97.